The summed E-state index contributed by atoms with van der Waals surface area (Å²) < 4.78 is 0. The van der Waals surface area contributed by atoms with Crippen molar-refractivity contribution in [2.24, 2.45) is 11.8 Å². The smallest absolute Gasteiger partial charge is 0.222 e. The van der Waals surface area contributed by atoms with Gasteiger partial charge >= 0.3 is 0 Å². The van der Waals surface area contributed by atoms with Gasteiger partial charge in [0.25, 0.3) is 0 Å². The molecule has 21 heavy (non-hydrogen) atoms. The van der Waals surface area contributed by atoms with Crippen molar-refractivity contribution in [2.75, 3.05) is 26.2 Å². The van der Waals surface area contributed by atoms with Crippen molar-refractivity contribution in [2.45, 2.75) is 65.3 Å². The number of piperidine rings is 1. The van der Waals surface area contributed by atoms with Crippen molar-refractivity contribution < 1.29 is 9.90 Å². The number of aliphatic hydroxyl groups excluding tert-OH is 1. The molecular formula is C17H34N2O2. The Kier molecular flexibility index (Phi) is 8.93. The van der Waals surface area contributed by atoms with E-state index in [1.165, 1.54) is 6.42 Å². The number of likely N-dealkylation sites (tertiary alicyclic amines) is 1. The Bertz CT molecular complexity index is 295. The molecule has 1 aliphatic heterocycles. The first-order chi connectivity index (χ1) is 10.1. The second kappa shape index (κ2) is 10.2. The van der Waals surface area contributed by atoms with E-state index in [0.717, 1.165) is 45.3 Å². The fourth-order valence-corrected chi connectivity index (χ4v) is 3.09. The zero-order valence-electron chi connectivity index (χ0n) is 14.1. The van der Waals surface area contributed by atoms with E-state index < -0.39 is 0 Å². The van der Waals surface area contributed by atoms with Crippen LogP contribution in [0.3, 0.4) is 0 Å². The van der Waals surface area contributed by atoms with E-state index in [4.69, 9.17) is 5.11 Å². The molecule has 0 aromatic rings. The van der Waals surface area contributed by atoms with Crippen LogP contribution in [0.5, 0.6) is 0 Å². The molecule has 2 unspecified atom stereocenters. The third-order valence-electron chi connectivity index (χ3n) is 4.28. The lowest BCUT2D eigenvalue weighted by Crippen LogP contribution is -2.51. The Balaban J connectivity index is 2.50. The molecule has 0 spiro atoms. The van der Waals surface area contributed by atoms with Crippen molar-refractivity contribution in [3.8, 4) is 0 Å². The van der Waals surface area contributed by atoms with Crippen LogP contribution in [0.2, 0.25) is 0 Å². The third kappa shape index (κ3) is 7.28. The molecule has 0 bridgehead atoms. The summed E-state index contributed by atoms with van der Waals surface area (Å²) in [6, 6.07) is 0.419. The molecule has 2 atom stereocenters. The Morgan fingerprint density at radius 3 is 2.76 bits per heavy atom. The van der Waals surface area contributed by atoms with Gasteiger partial charge in [-0.1, -0.05) is 20.8 Å². The highest BCUT2D eigenvalue weighted by atomic mass is 16.2. The maximum absolute atomic E-state index is 12.2. The Morgan fingerprint density at radius 1 is 1.38 bits per heavy atom. The number of carbonyl (C=O) groups excluding carboxylic acids is 1. The minimum atomic E-state index is 0.255. The van der Waals surface area contributed by atoms with Crippen LogP contribution in [0.25, 0.3) is 0 Å². The summed E-state index contributed by atoms with van der Waals surface area (Å²) in [6.45, 7) is 9.56. The fraction of sp³-hybridized carbons (Fsp3) is 0.941. The third-order valence-corrected chi connectivity index (χ3v) is 4.28. The van der Waals surface area contributed by atoms with Gasteiger partial charge in [-0.25, -0.2) is 0 Å². The van der Waals surface area contributed by atoms with Crippen LogP contribution in [-0.4, -0.2) is 48.2 Å². The topological polar surface area (TPSA) is 52.6 Å². The number of aliphatic hydroxyl groups is 1. The second-order valence-electron chi connectivity index (χ2n) is 6.85. The number of hydrogen-bond donors (Lipinski definition) is 2. The van der Waals surface area contributed by atoms with E-state index in [1.807, 2.05) is 4.90 Å². The molecular weight excluding hydrogens is 264 g/mol. The lowest BCUT2D eigenvalue weighted by molar-refractivity contribution is -0.133. The van der Waals surface area contributed by atoms with Gasteiger partial charge in [0.05, 0.1) is 0 Å². The standard InChI is InChI=1S/C17H34N2O2/c1-4-6-17(21)19-12-15(7-5-10-20)11-16(13-19)18-9-8-14(2)3/h14-16,18,20H,4-13H2,1-3H3. The summed E-state index contributed by atoms with van der Waals surface area (Å²) >= 11 is 0. The highest BCUT2D eigenvalue weighted by molar-refractivity contribution is 5.76. The zero-order valence-corrected chi connectivity index (χ0v) is 14.1. The van der Waals surface area contributed by atoms with Crippen molar-refractivity contribution in [3.63, 3.8) is 0 Å². The molecule has 2 N–H and O–H groups in total. The summed E-state index contributed by atoms with van der Waals surface area (Å²) in [6.07, 6.45) is 5.76. The fourth-order valence-electron chi connectivity index (χ4n) is 3.09. The Morgan fingerprint density at radius 2 is 2.14 bits per heavy atom. The van der Waals surface area contributed by atoms with Gasteiger partial charge in [0.15, 0.2) is 0 Å². The molecule has 1 aliphatic rings. The van der Waals surface area contributed by atoms with Gasteiger partial charge < -0.3 is 15.3 Å². The average molecular weight is 298 g/mol. The molecule has 0 radical (unpaired) electrons. The number of carbonyl (C=O) groups is 1. The van der Waals surface area contributed by atoms with Crippen molar-refractivity contribution in [1.82, 2.24) is 10.2 Å². The predicted molar refractivity (Wildman–Crippen MR) is 87.2 cm³/mol. The van der Waals surface area contributed by atoms with Crippen LogP contribution in [0, 0.1) is 11.8 Å². The maximum Gasteiger partial charge on any atom is 0.222 e. The molecule has 1 amide bonds. The van der Waals surface area contributed by atoms with Crippen molar-refractivity contribution in [1.29, 1.82) is 0 Å². The first-order valence-corrected chi connectivity index (χ1v) is 8.68. The van der Waals surface area contributed by atoms with Crippen LogP contribution >= 0.6 is 0 Å². The monoisotopic (exact) mass is 298 g/mol. The van der Waals surface area contributed by atoms with E-state index in [-0.39, 0.29) is 6.61 Å². The summed E-state index contributed by atoms with van der Waals surface area (Å²) in [4.78, 5) is 14.2. The summed E-state index contributed by atoms with van der Waals surface area (Å²) in [5.41, 5.74) is 0. The van der Waals surface area contributed by atoms with Gasteiger partial charge in [0, 0.05) is 32.2 Å². The maximum atomic E-state index is 12.2. The van der Waals surface area contributed by atoms with Crippen LogP contribution in [0.1, 0.15) is 59.3 Å². The highest BCUT2D eigenvalue weighted by Crippen LogP contribution is 2.22. The summed E-state index contributed by atoms with van der Waals surface area (Å²) in [5, 5.41) is 12.7. The molecule has 1 fully saturated rings. The van der Waals surface area contributed by atoms with Crippen LogP contribution in [-0.2, 0) is 4.79 Å². The highest BCUT2D eigenvalue weighted by Gasteiger charge is 2.28. The van der Waals surface area contributed by atoms with Gasteiger partial charge in [0.1, 0.15) is 0 Å². The normalized spacial score (nSPS) is 22.8. The van der Waals surface area contributed by atoms with Crippen molar-refractivity contribution >= 4 is 5.91 Å². The molecule has 4 nitrogen and oxygen atoms in total. The Labute approximate surface area is 130 Å². The summed E-state index contributed by atoms with van der Waals surface area (Å²) in [7, 11) is 0. The lowest BCUT2D eigenvalue weighted by Gasteiger charge is -2.38. The van der Waals surface area contributed by atoms with E-state index in [2.05, 4.69) is 26.1 Å². The molecule has 4 heteroatoms. The van der Waals surface area contributed by atoms with Crippen LogP contribution < -0.4 is 5.32 Å². The lowest BCUT2D eigenvalue weighted by atomic mass is 9.90. The zero-order chi connectivity index (χ0) is 15.7. The van der Waals surface area contributed by atoms with Gasteiger partial charge in [-0.05, 0) is 50.5 Å². The average Bonchev–Trinajstić information content (AvgIpc) is 2.45. The molecule has 0 saturated carbocycles. The predicted octanol–water partition coefficient (Wildman–Crippen LogP) is 2.41. The number of nitrogens with zero attached hydrogens (tertiary/aromatic N) is 1. The minimum Gasteiger partial charge on any atom is -0.396 e. The number of hydrogen-bond acceptors (Lipinski definition) is 3. The SMILES string of the molecule is CCCC(=O)N1CC(CCCO)CC(NCCC(C)C)C1. The van der Waals surface area contributed by atoms with E-state index in [1.54, 1.807) is 0 Å². The minimum absolute atomic E-state index is 0.255. The number of amides is 1. The van der Waals surface area contributed by atoms with Gasteiger partial charge in [0.2, 0.25) is 5.91 Å². The van der Waals surface area contributed by atoms with E-state index in [0.29, 0.717) is 30.2 Å². The number of nitrogens with one attached hydrogen (secondary N) is 1. The van der Waals surface area contributed by atoms with Gasteiger partial charge in [-0.15, -0.1) is 0 Å². The molecule has 124 valence electrons. The summed E-state index contributed by atoms with van der Waals surface area (Å²) in [5.74, 6) is 1.54. The van der Waals surface area contributed by atoms with E-state index in [9.17, 15) is 4.79 Å². The largest absolute Gasteiger partial charge is 0.396 e. The van der Waals surface area contributed by atoms with Gasteiger partial charge in [-0.3, -0.25) is 4.79 Å². The molecule has 1 heterocycles. The quantitative estimate of drug-likeness (QED) is 0.687. The van der Waals surface area contributed by atoms with Gasteiger partial charge in [-0.2, -0.15) is 0 Å². The van der Waals surface area contributed by atoms with Crippen molar-refractivity contribution in [3.05, 3.63) is 0 Å². The molecule has 1 rings (SSSR count). The Hall–Kier alpha value is -0.610. The molecule has 0 aromatic carbocycles. The molecule has 0 aliphatic carbocycles. The molecule has 0 aromatic heterocycles. The first-order valence-electron chi connectivity index (χ1n) is 8.68. The number of rotatable bonds is 9. The first kappa shape index (κ1) is 18.4. The van der Waals surface area contributed by atoms with Crippen LogP contribution in [0.4, 0.5) is 0 Å². The second-order valence-corrected chi connectivity index (χ2v) is 6.85. The molecule has 1 saturated heterocycles. The van der Waals surface area contributed by atoms with E-state index >= 15 is 0 Å². The van der Waals surface area contributed by atoms with Crippen LogP contribution in [0.15, 0.2) is 0 Å².